The first-order valence-electron chi connectivity index (χ1n) is 16.6. The number of thiophene rings is 1. The van der Waals surface area contributed by atoms with E-state index < -0.39 is 60.4 Å². The van der Waals surface area contributed by atoms with Crippen LogP contribution in [0.1, 0.15) is 13.7 Å². The van der Waals surface area contributed by atoms with Gasteiger partial charge in [0, 0.05) is 42.9 Å². The van der Waals surface area contributed by atoms with Crippen LogP contribution in [-0.4, -0.2) is 15.0 Å². The molecule has 0 spiro atoms. The van der Waals surface area contributed by atoms with E-state index in [1.165, 1.54) is 11.3 Å². The van der Waals surface area contributed by atoms with E-state index in [1.54, 1.807) is 0 Å². The summed E-state index contributed by atoms with van der Waals surface area (Å²) >= 11 is 1.46. The van der Waals surface area contributed by atoms with Crippen LogP contribution in [0.5, 0.6) is 0 Å². The largest absolute Gasteiger partial charge is 0.455 e. The zero-order chi connectivity index (χ0) is 33.8. The van der Waals surface area contributed by atoms with Gasteiger partial charge in [0.2, 0.25) is 0 Å². The molecule has 0 saturated heterocycles. The molecule has 0 saturated carbocycles. The Hall–Kier alpha value is -4.87. The fourth-order valence-corrected chi connectivity index (χ4v) is 5.89. The van der Waals surface area contributed by atoms with Crippen LogP contribution in [0.3, 0.4) is 0 Å². The molecular formula is C33H19N3OS. The standard InChI is InChI=1S/C33H19N3OS/c1-3-11-20(12-4-1)31-34-32(21-13-5-2-6-14-21)36-33(35-31)25-19-24-22-15-7-9-17-26(22)37-29(24)28-23-16-8-10-18-27(23)38-30(25)28/h1-19H/i1D,2D,3D,4D,5D,6D,11D,12D,13D,14D. The second-order valence-electron chi connectivity index (χ2n) is 8.51. The van der Waals surface area contributed by atoms with E-state index in [0.717, 1.165) is 30.9 Å². The zero-order valence-corrected chi connectivity index (χ0v) is 20.2. The van der Waals surface area contributed by atoms with E-state index in [4.69, 9.17) is 18.1 Å². The van der Waals surface area contributed by atoms with Gasteiger partial charge < -0.3 is 4.42 Å². The van der Waals surface area contributed by atoms with Crippen molar-refractivity contribution in [3.63, 3.8) is 0 Å². The van der Waals surface area contributed by atoms with Gasteiger partial charge in [-0.25, -0.2) is 15.0 Å². The molecule has 3 heterocycles. The summed E-state index contributed by atoms with van der Waals surface area (Å²) in [5, 5.41) is 3.31. The van der Waals surface area contributed by atoms with Crippen molar-refractivity contribution in [3.8, 4) is 34.2 Å². The molecule has 0 amide bonds. The molecule has 0 atom stereocenters. The maximum absolute atomic E-state index is 8.64. The number of para-hydroxylation sites is 1. The summed E-state index contributed by atoms with van der Waals surface area (Å²) in [6.07, 6.45) is 0. The average molecular weight is 516 g/mol. The van der Waals surface area contributed by atoms with Crippen LogP contribution in [0, 0.1) is 0 Å². The minimum Gasteiger partial charge on any atom is -0.455 e. The van der Waals surface area contributed by atoms with Crippen molar-refractivity contribution in [3.05, 3.63) is 115 Å². The van der Waals surface area contributed by atoms with Crippen LogP contribution < -0.4 is 0 Å². The molecule has 178 valence electrons. The summed E-state index contributed by atoms with van der Waals surface area (Å²) in [5.74, 6) is -0.618. The highest BCUT2D eigenvalue weighted by atomic mass is 32.1. The van der Waals surface area contributed by atoms with Gasteiger partial charge in [-0.05, 0) is 18.2 Å². The van der Waals surface area contributed by atoms with E-state index in [1.807, 2.05) is 54.6 Å². The van der Waals surface area contributed by atoms with E-state index in [9.17, 15) is 0 Å². The second-order valence-corrected chi connectivity index (χ2v) is 9.56. The molecular weight excluding hydrogens is 486 g/mol. The van der Waals surface area contributed by atoms with Crippen molar-refractivity contribution in [2.24, 2.45) is 0 Å². The molecule has 5 aromatic carbocycles. The Bertz CT molecular complexity index is 2560. The topological polar surface area (TPSA) is 51.8 Å². The molecule has 38 heavy (non-hydrogen) atoms. The van der Waals surface area contributed by atoms with Gasteiger partial charge in [-0.3, -0.25) is 0 Å². The van der Waals surface area contributed by atoms with Gasteiger partial charge in [0.15, 0.2) is 17.5 Å². The molecule has 0 bridgehead atoms. The van der Waals surface area contributed by atoms with E-state index >= 15 is 0 Å². The molecule has 0 aliphatic heterocycles. The first kappa shape index (κ1) is 13.6. The van der Waals surface area contributed by atoms with Crippen molar-refractivity contribution in [1.29, 1.82) is 0 Å². The third-order valence-electron chi connectivity index (χ3n) is 6.31. The number of hydrogen-bond donors (Lipinski definition) is 0. The van der Waals surface area contributed by atoms with Crippen molar-refractivity contribution >= 4 is 53.4 Å². The fraction of sp³-hybridized carbons (Fsp3) is 0. The lowest BCUT2D eigenvalue weighted by molar-refractivity contribution is 0.673. The van der Waals surface area contributed by atoms with Crippen LogP contribution in [0.25, 0.3) is 76.3 Å². The lowest BCUT2D eigenvalue weighted by atomic mass is 10.0. The molecule has 4 nitrogen and oxygen atoms in total. The van der Waals surface area contributed by atoms with Crippen molar-refractivity contribution in [2.75, 3.05) is 0 Å². The number of aromatic nitrogens is 3. The lowest BCUT2D eigenvalue weighted by Gasteiger charge is -2.09. The molecule has 0 aliphatic rings. The summed E-state index contributed by atoms with van der Waals surface area (Å²) in [6, 6.07) is 11.4. The highest BCUT2D eigenvalue weighted by Gasteiger charge is 2.21. The van der Waals surface area contributed by atoms with Gasteiger partial charge in [0.25, 0.3) is 0 Å². The maximum Gasteiger partial charge on any atom is 0.165 e. The summed E-state index contributed by atoms with van der Waals surface area (Å²) in [4.78, 5) is 13.8. The summed E-state index contributed by atoms with van der Waals surface area (Å²) in [5.41, 5.74) is 1.17. The van der Waals surface area contributed by atoms with E-state index in [2.05, 4.69) is 15.0 Å². The highest BCUT2D eigenvalue weighted by molar-refractivity contribution is 7.26. The Morgan fingerprint density at radius 3 is 1.95 bits per heavy atom. The zero-order valence-electron chi connectivity index (χ0n) is 29.4. The van der Waals surface area contributed by atoms with Gasteiger partial charge in [0.05, 0.1) is 18.4 Å². The average Bonchev–Trinajstić information content (AvgIpc) is 3.66. The van der Waals surface area contributed by atoms with Gasteiger partial charge in [-0.1, -0.05) is 96.8 Å². The predicted molar refractivity (Wildman–Crippen MR) is 156 cm³/mol. The van der Waals surface area contributed by atoms with Crippen molar-refractivity contribution < 1.29 is 18.1 Å². The molecule has 0 fully saturated rings. The Labute approximate surface area is 235 Å². The van der Waals surface area contributed by atoms with Crippen molar-refractivity contribution in [1.82, 2.24) is 15.0 Å². The SMILES string of the molecule is [2H]c1c([2H])c([2H])c(-c2nc(-c3c([2H])c([2H])c([2H])c([2H])c3[2H])nc(-c3cc4c5ccccc5oc4c4c3sc3ccccc34)n2)c([2H])c1[2H]. The van der Waals surface area contributed by atoms with Crippen LogP contribution >= 0.6 is 11.3 Å². The van der Waals surface area contributed by atoms with E-state index in [-0.39, 0.29) is 28.6 Å². The van der Waals surface area contributed by atoms with Crippen LogP contribution in [0.2, 0.25) is 0 Å². The van der Waals surface area contributed by atoms with Crippen LogP contribution in [0.4, 0.5) is 0 Å². The summed E-state index contributed by atoms with van der Waals surface area (Å²) < 4.78 is 91.9. The quantitative estimate of drug-likeness (QED) is 0.235. The third kappa shape index (κ3) is 3.26. The molecule has 3 aromatic heterocycles. The van der Waals surface area contributed by atoms with Crippen molar-refractivity contribution in [2.45, 2.75) is 0 Å². The monoisotopic (exact) mass is 515 g/mol. The Morgan fingerprint density at radius 2 is 1.24 bits per heavy atom. The normalized spacial score (nSPS) is 15.4. The first-order valence-corrected chi connectivity index (χ1v) is 12.5. The third-order valence-corrected chi connectivity index (χ3v) is 7.52. The minimum absolute atomic E-state index is 0.0114. The maximum atomic E-state index is 8.64. The van der Waals surface area contributed by atoms with Gasteiger partial charge in [0.1, 0.15) is 11.2 Å². The Kier molecular flexibility index (Phi) is 2.98. The molecule has 0 aliphatic carbocycles. The molecule has 8 rings (SSSR count). The smallest absolute Gasteiger partial charge is 0.165 e. The number of fused-ring (bicyclic) bond motifs is 7. The molecule has 0 radical (unpaired) electrons. The Morgan fingerprint density at radius 1 is 0.632 bits per heavy atom. The predicted octanol–water partition coefficient (Wildman–Crippen LogP) is 9.14. The van der Waals surface area contributed by atoms with Crippen LogP contribution in [-0.2, 0) is 0 Å². The number of rotatable bonds is 3. The van der Waals surface area contributed by atoms with Gasteiger partial charge in [-0.15, -0.1) is 11.3 Å². The van der Waals surface area contributed by atoms with Crippen LogP contribution in [0.15, 0.2) is 119 Å². The van der Waals surface area contributed by atoms with Gasteiger partial charge in [-0.2, -0.15) is 0 Å². The molecule has 8 aromatic rings. The molecule has 0 unspecified atom stereocenters. The number of benzene rings is 5. The summed E-state index contributed by atoms with van der Waals surface area (Å²) in [7, 11) is 0. The number of furan rings is 1. The fourth-order valence-electron chi connectivity index (χ4n) is 4.67. The summed E-state index contributed by atoms with van der Waals surface area (Å²) in [6.45, 7) is 0. The van der Waals surface area contributed by atoms with E-state index in [0.29, 0.717) is 16.7 Å². The van der Waals surface area contributed by atoms with Gasteiger partial charge >= 0.3 is 0 Å². The lowest BCUT2D eigenvalue weighted by Crippen LogP contribution is -2.00. The number of nitrogens with zero attached hydrogens (tertiary/aromatic N) is 3. The minimum atomic E-state index is -0.601. The Balaban J connectivity index is 1.55. The molecule has 0 N–H and O–H groups in total. The first-order chi connectivity index (χ1) is 23.0. The number of hydrogen-bond acceptors (Lipinski definition) is 5. The second kappa shape index (κ2) is 8.33. The molecule has 5 heteroatoms. The highest BCUT2D eigenvalue weighted by Crippen LogP contribution is 2.46.